The predicted molar refractivity (Wildman–Crippen MR) is 110 cm³/mol. The Morgan fingerprint density at radius 2 is 1.67 bits per heavy atom. The highest BCUT2D eigenvalue weighted by Gasteiger charge is 2.08. The lowest BCUT2D eigenvalue weighted by Gasteiger charge is -2.11. The first-order chi connectivity index (χ1) is 13.3. The lowest BCUT2D eigenvalue weighted by atomic mass is 10.0. The van der Waals surface area contributed by atoms with Gasteiger partial charge in [0, 0.05) is 23.7 Å². The van der Waals surface area contributed by atoms with Gasteiger partial charge in [0.25, 0.3) is 5.56 Å². The lowest BCUT2D eigenvalue weighted by molar-refractivity contribution is 0.416. The Kier molecular flexibility index (Phi) is 4.75. The molecule has 0 aliphatic carbocycles. The van der Waals surface area contributed by atoms with Crippen LogP contribution in [-0.4, -0.2) is 11.7 Å². The number of hydrogen-bond acceptors (Lipinski definition) is 2. The normalized spacial score (nSPS) is 10.9. The summed E-state index contributed by atoms with van der Waals surface area (Å²) in [5.74, 6) is 0.827. The molecule has 4 aromatic rings. The van der Waals surface area contributed by atoms with Crippen molar-refractivity contribution in [3.05, 3.63) is 101 Å². The number of pyridine rings is 1. The molecule has 4 rings (SSSR count). The van der Waals surface area contributed by atoms with E-state index in [0.717, 1.165) is 34.1 Å². The van der Waals surface area contributed by atoms with Crippen molar-refractivity contribution in [1.82, 2.24) is 4.57 Å². The molecule has 0 radical (unpaired) electrons. The van der Waals surface area contributed by atoms with Crippen LogP contribution in [0.3, 0.4) is 0 Å². The van der Waals surface area contributed by atoms with E-state index < -0.39 is 0 Å². The molecule has 0 aliphatic rings. The Morgan fingerprint density at radius 1 is 0.889 bits per heavy atom. The van der Waals surface area contributed by atoms with Crippen molar-refractivity contribution < 1.29 is 4.74 Å². The minimum atomic E-state index is 0.0509. The van der Waals surface area contributed by atoms with E-state index in [1.165, 1.54) is 5.56 Å². The van der Waals surface area contributed by atoms with Gasteiger partial charge in [-0.1, -0.05) is 54.6 Å². The van der Waals surface area contributed by atoms with Crippen LogP contribution < -0.4 is 10.3 Å². The largest absolute Gasteiger partial charge is 0.496 e. The van der Waals surface area contributed by atoms with E-state index in [1.54, 1.807) is 11.7 Å². The van der Waals surface area contributed by atoms with Gasteiger partial charge in [0.05, 0.1) is 7.11 Å². The third kappa shape index (κ3) is 3.49. The Hall–Kier alpha value is -3.33. The highest BCUT2D eigenvalue weighted by atomic mass is 16.5. The van der Waals surface area contributed by atoms with Gasteiger partial charge in [-0.25, -0.2) is 0 Å². The molecule has 0 saturated heterocycles. The van der Waals surface area contributed by atoms with E-state index in [1.807, 2.05) is 66.9 Å². The molecule has 1 aromatic heterocycles. The molecule has 3 aromatic carbocycles. The summed E-state index contributed by atoms with van der Waals surface area (Å²) in [5, 5.41) is 1.68. The van der Waals surface area contributed by atoms with Gasteiger partial charge in [-0.15, -0.1) is 0 Å². The van der Waals surface area contributed by atoms with Crippen LogP contribution in [0.4, 0.5) is 0 Å². The smallest absolute Gasteiger partial charge is 0.258 e. The number of aromatic nitrogens is 1. The molecule has 3 heteroatoms. The molecule has 3 nitrogen and oxygen atoms in total. The van der Waals surface area contributed by atoms with Gasteiger partial charge in [-0.3, -0.25) is 4.79 Å². The van der Waals surface area contributed by atoms with E-state index >= 15 is 0 Å². The van der Waals surface area contributed by atoms with Crippen LogP contribution in [0.1, 0.15) is 5.56 Å². The van der Waals surface area contributed by atoms with Gasteiger partial charge < -0.3 is 9.30 Å². The number of benzene rings is 3. The maximum Gasteiger partial charge on any atom is 0.258 e. The van der Waals surface area contributed by atoms with Crippen molar-refractivity contribution in [2.45, 2.75) is 13.0 Å². The fourth-order valence-electron chi connectivity index (χ4n) is 3.41. The average molecular weight is 355 g/mol. The summed E-state index contributed by atoms with van der Waals surface area (Å²) in [6.07, 6.45) is 2.73. The van der Waals surface area contributed by atoms with E-state index in [0.29, 0.717) is 6.54 Å². The third-order valence-corrected chi connectivity index (χ3v) is 4.88. The Labute approximate surface area is 158 Å². The van der Waals surface area contributed by atoms with E-state index in [4.69, 9.17) is 4.74 Å². The van der Waals surface area contributed by atoms with E-state index in [-0.39, 0.29) is 5.56 Å². The molecule has 0 amide bonds. The molecule has 0 spiro atoms. The number of para-hydroxylation sites is 1. The number of rotatable bonds is 5. The monoisotopic (exact) mass is 355 g/mol. The molecule has 0 aliphatic heterocycles. The summed E-state index contributed by atoms with van der Waals surface area (Å²) in [7, 11) is 1.67. The minimum Gasteiger partial charge on any atom is -0.496 e. The second-order valence-corrected chi connectivity index (χ2v) is 6.55. The summed E-state index contributed by atoms with van der Waals surface area (Å²) >= 11 is 0. The van der Waals surface area contributed by atoms with Crippen LogP contribution in [0, 0.1) is 0 Å². The first-order valence-corrected chi connectivity index (χ1v) is 9.07. The summed E-state index contributed by atoms with van der Waals surface area (Å²) in [6.45, 7) is 0.674. The number of fused-ring (bicyclic) bond motifs is 1. The first kappa shape index (κ1) is 17.1. The molecule has 134 valence electrons. The highest BCUT2D eigenvalue weighted by molar-refractivity contribution is 5.87. The number of nitrogens with zero attached hydrogens (tertiary/aromatic N) is 1. The molecule has 0 atom stereocenters. The number of hydrogen-bond donors (Lipinski definition) is 0. The first-order valence-electron chi connectivity index (χ1n) is 9.07. The van der Waals surface area contributed by atoms with Crippen molar-refractivity contribution in [3.63, 3.8) is 0 Å². The minimum absolute atomic E-state index is 0.0509. The number of methoxy groups -OCH3 is 1. The van der Waals surface area contributed by atoms with Crippen LogP contribution in [0.2, 0.25) is 0 Å². The van der Waals surface area contributed by atoms with Gasteiger partial charge >= 0.3 is 0 Å². The molecule has 1 heterocycles. The Balaban J connectivity index is 1.67. The summed E-state index contributed by atoms with van der Waals surface area (Å²) in [5.41, 5.74) is 3.35. The van der Waals surface area contributed by atoms with Crippen molar-refractivity contribution in [2.24, 2.45) is 0 Å². The topological polar surface area (TPSA) is 31.2 Å². The zero-order valence-corrected chi connectivity index (χ0v) is 15.3. The molecule has 0 bridgehead atoms. The maximum atomic E-state index is 12.9. The van der Waals surface area contributed by atoms with Crippen LogP contribution in [-0.2, 0) is 13.0 Å². The van der Waals surface area contributed by atoms with Crippen LogP contribution in [0.25, 0.3) is 21.9 Å². The second-order valence-electron chi connectivity index (χ2n) is 6.55. The molecule has 0 fully saturated rings. The zero-order chi connectivity index (χ0) is 18.6. The number of aryl methyl sites for hydroxylation is 2. The van der Waals surface area contributed by atoms with Gasteiger partial charge in [-0.2, -0.15) is 0 Å². The SMILES string of the molecule is COc1ccccc1-c1ccc2c(=O)n(CCc3ccccc3)ccc2c1. The highest BCUT2D eigenvalue weighted by Crippen LogP contribution is 2.31. The molecule has 27 heavy (non-hydrogen) atoms. The summed E-state index contributed by atoms with van der Waals surface area (Å²) in [6, 6.07) is 26.1. The molecular weight excluding hydrogens is 334 g/mol. The Bertz CT molecular complexity index is 1130. The van der Waals surface area contributed by atoms with Crippen LogP contribution >= 0.6 is 0 Å². The predicted octanol–water partition coefficient (Wildman–Crippen LogP) is 4.92. The summed E-state index contributed by atoms with van der Waals surface area (Å²) < 4.78 is 7.25. The fourth-order valence-corrected chi connectivity index (χ4v) is 3.41. The van der Waals surface area contributed by atoms with Gasteiger partial charge in [0.2, 0.25) is 0 Å². The van der Waals surface area contributed by atoms with E-state index in [9.17, 15) is 4.79 Å². The number of ether oxygens (including phenoxy) is 1. The van der Waals surface area contributed by atoms with Crippen molar-refractivity contribution in [2.75, 3.05) is 7.11 Å². The van der Waals surface area contributed by atoms with Gasteiger partial charge in [0.1, 0.15) is 5.75 Å². The van der Waals surface area contributed by atoms with Crippen molar-refractivity contribution in [3.8, 4) is 16.9 Å². The zero-order valence-electron chi connectivity index (χ0n) is 15.3. The molecule has 0 saturated carbocycles. The average Bonchev–Trinajstić information content (AvgIpc) is 2.74. The second kappa shape index (κ2) is 7.50. The van der Waals surface area contributed by atoms with Crippen molar-refractivity contribution >= 4 is 10.8 Å². The molecule has 0 unspecified atom stereocenters. The van der Waals surface area contributed by atoms with Gasteiger partial charge in [0.15, 0.2) is 0 Å². The Morgan fingerprint density at radius 3 is 2.48 bits per heavy atom. The third-order valence-electron chi connectivity index (χ3n) is 4.88. The van der Waals surface area contributed by atoms with Crippen molar-refractivity contribution in [1.29, 1.82) is 0 Å². The maximum absolute atomic E-state index is 12.9. The molecular formula is C24H21NO2. The van der Waals surface area contributed by atoms with Gasteiger partial charge in [-0.05, 0) is 47.2 Å². The molecule has 0 N–H and O–H groups in total. The quantitative estimate of drug-likeness (QED) is 0.509. The van der Waals surface area contributed by atoms with Crippen LogP contribution in [0.15, 0.2) is 89.9 Å². The lowest BCUT2D eigenvalue weighted by Crippen LogP contribution is -2.20. The summed E-state index contributed by atoms with van der Waals surface area (Å²) in [4.78, 5) is 12.9. The fraction of sp³-hybridized carbons (Fsp3) is 0.125. The van der Waals surface area contributed by atoms with Crippen LogP contribution in [0.5, 0.6) is 5.75 Å². The van der Waals surface area contributed by atoms with E-state index in [2.05, 4.69) is 18.2 Å². The standard InChI is InChI=1S/C24H21NO2/c1-27-23-10-6-5-9-21(23)19-11-12-22-20(17-19)14-16-25(24(22)26)15-13-18-7-3-2-4-8-18/h2-12,14,16-17H,13,15H2,1H3.